The van der Waals surface area contributed by atoms with Crippen molar-refractivity contribution in [2.75, 3.05) is 13.7 Å². The van der Waals surface area contributed by atoms with E-state index in [4.69, 9.17) is 9.47 Å². The number of alkyl halides is 3. The van der Waals surface area contributed by atoms with Crippen LogP contribution in [0.25, 0.3) is 0 Å². The number of carbonyl (C=O) groups excluding carboxylic acids is 1. The molecule has 1 saturated heterocycles. The van der Waals surface area contributed by atoms with Gasteiger partial charge in [0.25, 0.3) is 0 Å². The minimum absolute atomic E-state index is 0.0349. The monoisotopic (exact) mass is 562 g/mol. The first-order valence-electron chi connectivity index (χ1n) is 14.2. The number of ketones is 1. The van der Waals surface area contributed by atoms with Crippen molar-refractivity contribution >= 4 is 5.78 Å². The second-order valence-corrected chi connectivity index (χ2v) is 12.0. The van der Waals surface area contributed by atoms with Gasteiger partial charge in [-0.05, 0) is 97.0 Å². The lowest BCUT2D eigenvalue weighted by Crippen LogP contribution is -2.51. The number of rotatable bonds is 2. The Hall–Kier alpha value is -3.34. The van der Waals surface area contributed by atoms with Crippen LogP contribution in [0, 0.1) is 29.1 Å². The Labute approximate surface area is 238 Å². The van der Waals surface area contributed by atoms with Crippen LogP contribution in [0.2, 0.25) is 0 Å². The van der Waals surface area contributed by atoms with Gasteiger partial charge in [0.1, 0.15) is 11.4 Å². The molecule has 3 aliphatic carbocycles. The number of ether oxygens (including phenoxy) is 2. The summed E-state index contributed by atoms with van der Waals surface area (Å²) >= 11 is 0. The number of carbonyl (C=O) groups is 1. The zero-order chi connectivity index (χ0) is 29.0. The molecule has 4 aliphatic rings. The van der Waals surface area contributed by atoms with Crippen molar-refractivity contribution < 1.29 is 32.5 Å². The molecule has 7 heteroatoms. The first kappa shape index (κ1) is 27.8. The number of hydrogen-bond acceptors (Lipinski definition) is 4. The van der Waals surface area contributed by atoms with Crippen LogP contribution in [-0.2, 0) is 15.7 Å². The lowest BCUT2D eigenvalue weighted by atomic mass is 9.56. The molecule has 5 unspecified atom stereocenters. The van der Waals surface area contributed by atoms with Gasteiger partial charge in [-0.1, -0.05) is 37.0 Å². The molecular formula is C34H33F3O4. The van der Waals surface area contributed by atoms with E-state index in [1.807, 2.05) is 24.3 Å². The molecule has 0 saturated carbocycles. The molecule has 0 aromatic heterocycles. The molecule has 0 bridgehead atoms. The number of fused-ring (bicyclic) bond motifs is 4. The van der Waals surface area contributed by atoms with E-state index in [9.17, 15) is 23.1 Å². The van der Waals surface area contributed by atoms with Crippen LogP contribution < -0.4 is 4.74 Å². The van der Waals surface area contributed by atoms with Crippen LogP contribution in [0.5, 0.6) is 5.75 Å². The fraction of sp³-hybridized carbons (Fsp3) is 0.441. The average molecular weight is 563 g/mol. The number of benzene rings is 2. The summed E-state index contributed by atoms with van der Waals surface area (Å²) in [6.45, 7) is 2.40. The lowest BCUT2D eigenvalue weighted by molar-refractivity contribution is -0.137. The summed E-state index contributed by atoms with van der Waals surface area (Å²) in [5.41, 5.74) is 0.664. The molecule has 1 N–H and O–H groups in total. The maximum atomic E-state index is 13.9. The third-order valence-electron chi connectivity index (χ3n) is 9.51. The van der Waals surface area contributed by atoms with Gasteiger partial charge in [0.2, 0.25) is 0 Å². The van der Waals surface area contributed by atoms with E-state index < -0.39 is 22.8 Å². The van der Waals surface area contributed by atoms with Crippen LogP contribution in [0.4, 0.5) is 13.2 Å². The van der Waals surface area contributed by atoms with Gasteiger partial charge >= 0.3 is 6.18 Å². The molecule has 0 spiro atoms. The molecule has 214 valence electrons. The van der Waals surface area contributed by atoms with Crippen LogP contribution >= 0.6 is 0 Å². The van der Waals surface area contributed by atoms with Crippen molar-refractivity contribution in [2.45, 2.75) is 63.3 Å². The Kier molecular flexibility index (Phi) is 6.91. The predicted octanol–water partition coefficient (Wildman–Crippen LogP) is 6.98. The van der Waals surface area contributed by atoms with Crippen LogP contribution in [0.15, 0.2) is 71.3 Å². The molecule has 0 amide bonds. The van der Waals surface area contributed by atoms with Crippen molar-refractivity contribution in [2.24, 2.45) is 17.3 Å². The Bertz CT molecular complexity index is 1480. The molecule has 4 nitrogen and oxygen atoms in total. The topological polar surface area (TPSA) is 55.8 Å². The largest absolute Gasteiger partial charge is 0.497 e. The second-order valence-electron chi connectivity index (χ2n) is 12.0. The van der Waals surface area contributed by atoms with E-state index in [1.165, 1.54) is 12.1 Å². The fourth-order valence-electron chi connectivity index (χ4n) is 7.27. The number of allylic oxidation sites excluding steroid dienone is 3. The quantitative estimate of drug-likeness (QED) is 0.402. The molecule has 41 heavy (non-hydrogen) atoms. The highest BCUT2D eigenvalue weighted by Gasteiger charge is 2.56. The molecule has 2 aromatic rings. The Balaban J connectivity index is 1.40. The van der Waals surface area contributed by atoms with Crippen molar-refractivity contribution in [1.82, 2.24) is 0 Å². The van der Waals surface area contributed by atoms with Crippen molar-refractivity contribution in [3.8, 4) is 17.6 Å². The number of aliphatic hydroxyl groups is 1. The van der Waals surface area contributed by atoms with Gasteiger partial charge in [0.15, 0.2) is 5.78 Å². The molecule has 1 heterocycles. The Morgan fingerprint density at radius 3 is 2.49 bits per heavy atom. The number of methoxy groups -OCH3 is 1. The second kappa shape index (κ2) is 10.2. The zero-order valence-corrected chi connectivity index (χ0v) is 23.2. The first-order valence-corrected chi connectivity index (χ1v) is 14.2. The SMILES string of the molecule is COc1ccc(C2CC3CC(=O)C4=C(C(O)(C#Cc5ccc(C(F)(F)F)cc5)CCC5CCC=C45)C3(C)CO2)cc1. The van der Waals surface area contributed by atoms with E-state index in [0.717, 1.165) is 41.9 Å². The standard InChI is InChI=1S/C34H33F3O4/c1-32-20-41-29(23-8-12-26(40-2)13-9-23)19-25(32)18-28(38)30-27-5-3-4-22(27)15-17-33(39,31(30)32)16-14-21-6-10-24(11-7-21)34(35,36)37/h5-13,22,25,29,39H,3-4,15,17-20H2,1-2H3. The molecule has 0 radical (unpaired) electrons. The van der Waals surface area contributed by atoms with Crippen LogP contribution in [0.1, 0.15) is 68.2 Å². The number of halogens is 3. The molecule has 1 fully saturated rings. The maximum absolute atomic E-state index is 13.9. The lowest BCUT2D eigenvalue weighted by Gasteiger charge is -2.51. The molecule has 6 rings (SSSR count). The molecular weight excluding hydrogens is 529 g/mol. The third kappa shape index (κ3) is 4.91. The molecule has 1 aliphatic heterocycles. The fourth-order valence-corrected chi connectivity index (χ4v) is 7.27. The van der Waals surface area contributed by atoms with E-state index in [0.29, 0.717) is 49.0 Å². The summed E-state index contributed by atoms with van der Waals surface area (Å²) in [5.74, 6) is 6.91. The van der Waals surface area contributed by atoms with Crippen LogP contribution in [-0.4, -0.2) is 30.2 Å². The summed E-state index contributed by atoms with van der Waals surface area (Å²) in [7, 11) is 1.62. The highest BCUT2D eigenvalue weighted by atomic mass is 19.4. The molecule has 5 atom stereocenters. The van der Waals surface area contributed by atoms with Crippen LogP contribution in [0.3, 0.4) is 0 Å². The van der Waals surface area contributed by atoms with E-state index >= 15 is 0 Å². The number of hydrogen-bond donors (Lipinski definition) is 1. The number of Topliss-reactive ketones (excluding diaryl/α,β-unsaturated/α-hetero) is 1. The first-order chi connectivity index (χ1) is 19.5. The van der Waals surface area contributed by atoms with Gasteiger partial charge in [0, 0.05) is 23.0 Å². The summed E-state index contributed by atoms with van der Waals surface area (Å²) in [4.78, 5) is 13.9. The van der Waals surface area contributed by atoms with Gasteiger partial charge in [-0.25, -0.2) is 0 Å². The summed E-state index contributed by atoms with van der Waals surface area (Å²) in [6, 6.07) is 12.4. The normalized spacial score (nSPS) is 31.2. The van der Waals surface area contributed by atoms with Gasteiger partial charge < -0.3 is 14.6 Å². The summed E-state index contributed by atoms with van der Waals surface area (Å²) < 4.78 is 51.0. The smallest absolute Gasteiger partial charge is 0.416 e. The van der Waals surface area contributed by atoms with Gasteiger partial charge in [0.05, 0.1) is 25.4 Å². The Morgan fingerprint density at radius 1 is 1.07 bits per heavy atom. The molecule has 2 aromatic carbocycles. The summed E-state index contributed by atoms with van der Waals surface area (Å²) in [6.07, 6.45) is 1.36. The minimum Gasteiger partial charge on any atom is -0.497 e. The highest BCUT2D eigenvalue weighted by molar-refractivity contribution is 6.02. The maximum Gasteiger partial charge on any atom is 0.416 e. The highest BCUT2D eigenvalue weighted by Crippen LogP contribution is 2.59. The average Bonchev–Trinajstić information content (AvgIpc) is 3.38. The van der Waals surface area contributed by atoms with Gasteiger partial charge in [-0.2, -0.15) is 13.2 Å². The Morgan fingerprint density at radius 2 is 1.80 bits per heavy atom. The van der Waals surface area contributed by atoms with E-state index in [-0.39, 0.29) is 23.7 Å². The zero-order valence-electron chi connectivity index (χ0n) is 23.2. The summed E-state index contributed by atoms with van der Waals surface area (Å²) in [5, 5.41) is 12.3. The van der Waals surface area contributed by atoms with Gasteiger partial charge in [-0.3, -0.25) is 4.79 Å². The van der Waals surface area contributed by atoms with Crippen molar-refractivity contribution in [3.63, 3.8) is 0 Å². The van der Waals surface area contributed by atoms with E-state index in [2.05, 4.69) is 24.8 Å². The van der Waals surface area contributed by atoms with Gasteiger partial charge in [-0.15, -0.1) is 0 Å². The minimum atomic E-state index is -4.44. The van der Waals surface area contributed by atoms with Crippen molar-refractivity contribution in [3.05, 3.63) is 88.0 Å². The van der Waals surface area contributed by atoms with E-state index in [1.54, 1.807) is 7.11 Å². The predicted molar refractivity (Wildman–Crippen MR) is 148 cm³/mol. The third-order valence-corrected chi connectivity index (χ3v) is 9.51. The van der Waals surface area contributed by atoms with Crippen molar-refractivity contribution in [1.29, 1.82) is 0 Å².